The van der Waals surface area contributed by atoms with Gasteiger partial charge in [-0.25, -0.2) is 4.79 Å². The topological polar surface area (TPSA) is 26.3 Å². The van der Waals surface area contributed by atoms with Gasteiger partial charge in [-0.2, -0.15) is 0 Å². The Morgan fingerprint density at radius 1 is 1.18 bits per heavy atom. The third-order valence-corrected chi connectivity index (χ3v) is 2.99. The highest BCUT2D eigenvalue weighted by atomic mass is 32.1. The average molecular weight is 244 g/mol. The average Bonchev–Trinajstić information content (AvgIpc) is 2.89. The molecule has 1 heterocycles. The Bertz CT molecular complexity index is 486. The van der Waals surface area contributed by atoms with Crippen LogP contribution in [-0.2, 0) is 4.74 Å². The molecule has 2 nitrogen and oxygen atoms in total. The van der Waals surface area contributed by atoms with E-state index in [0.717, 1.165) is 5.56 Å². The van der Waals surface area contributed by atoms with Gasteiger partial charge in [0.15, 0.2) is 0 Å². The van der Waals surface area contributed by atoms with Crippen molar-refractivity contribution >= 4 is 23.4 Å². The van der Waals surface area contributed by atoms with Crippen LogP contribution in [0.3, 0.4) is 0 Å². The second-order valence-corrected chi connectivity index (χ2v) is 4.34. The number of ether oxygens (including phenoxy) is 1. The summed E-state index contributed by atoms with van der Waals surface area (Å²) in [6, 6.07) is 13.5. The molecule has 0 spiro atoms. The largest absolute Gasteiger partial charge is 0.457 e. The van der Waals surface area contributed by atoms with E-state index in [0.29, 0.717) is 11.5 Å². The molecular formula is C14H12O2S. The lowest BCUT2D eigenvalue weighted by atomic mass is 10.2. The van der Waals surface area contributed by atoms with Gasteiger partial charge in [-0.05, 0) is 23.1 Å². The zero-order valence-electron chi connectivity index (χ0n) is 9.21. The van der Waals surface area contributed by atoms with Gasteiger partial charge in [0, 0.05) is 0 Å². The van der Waals surface area contributed by atoms with Crippen LogP contribution in [0.15, 0.2) is 53.9 Å². The number of thiophene rings is 1. The third-order valence-electron chi connectivity index (χ3n) is 2.14. The second-order valence-electron chi connectivity index (χ2n) is 3.39. The van der Waals surface area contributed by atoms with Crippen LogP contribution in [-0.4, -0.2) is 12.6 Å². The highest BCUT2D eigenvalue weighted by molar-refractivity contribution is 7.11. The molecule has 0 unspecified atom stereocenters. The van der Waals surface area contributed by atoms with Crippen LogP contribution in [0.5, 0.6) is 0 Å². The van der Waals surface area contributed by atoms with Crippen molar-refractivity contribution in [3.05, 3.63) is 64.4 Å². The van der Waals surface area contributed by atoms with E-state index in [1.807, 2.05) is 53.9 Å². The zero-order chi connectivity index (χ0) is 11.9. The molecule has 0 saturated heterocycles. The minimum atomic E-state index is -0.266. The first-order valence-electron chi connectivity index (χ1n) is 5.28. The Kier molecular flexibility index (Phi) is 4.11. The first kappa shape index (κ1) is 11.6. The smallest absolute Gasteiger partial charge is 0.348 e. The fourth-order valence-electron chi connectivity index (χ4n) is 1.34. The normalized spacial score (nSPS) is 10.6. The van der Waals surface area contributed by atoms with Crippen LogP contribution in [0.25, 0.3) is 6.08 Å². The van der Waals surface area contributed by atoms with E-state index in [1.165, 1.54) is 11.3 Å². The maximum absolute atomic E-state index is 11.5. The lowest BCUT2D eigenvalue weighted by molar-refractivity contribution is 0.0556. The molecule has 17 heavy (non-hydrogen) atoms. The molecular weight excluding hydrogens is 232 g/mol. The van der Waals surface area contributed by atoms with Crippen molar-refractivity contribution in [1.29, 1.82) is 0 Å². The predicted molar refractivity (Wildman–Crippen MR) is 70.1 cm³/mol. The van der Waals surface area contributed by atoms with Crippen LogP contribution in [0.1, 0.15) is 15.2 Å². The van der Waals surface area contributed by atoms with E-state index in [1.54, 1.807) is 6.07 Å². The van der Waals surface area contributed by atoms with Crippen LogP contribution in [0.2, 0.25) is 0 Å². The molecule has 0 fully saturated rings. The highest BCUT2D eigenvalue weighted by Crippen LogP contribution is 2.09. The molecule has 0 aliphatic heterocycles. The van der Waals surface area contributed by atoms with E-state index in [2.05, 4.69) is 0 Å². The van der Waals surface area contributed by atoms with E-state index in [-0.39, 0.29) is 5.97 Å². The van der Waals surface area contributed by atoms with Crippen molar-refractivity contribution in [2.24, 2.45) is 0 Å². The van der Waals surface area contributed by atoms with Gasteiger partial charge < -0.3 is 4.74 Å². The molecule has 0 aliphatic rings. The number of rotatable bonds is 4. The lowest BCUT2D eigenvalue weighted by Crippen LogP contribution is -2.02. The molecule has 0 radical (unpaired) electrons. The Hall–Kier alpha value is -1.87. The molecule has 3 heteroatoms. The molecule has 0 atom stereocenters. The summed E-state index contributed by atoms with van der Waals surface area (Å²) in [5.41, 5.74) is 1.10. The summed E-state index contributed by atoms with van der Waals surface area (Å²) < 4.78 is 5.09. The van der Waals surface area contributed by atoms with Crippen LogP contribution < -0.4 is 0 Å². The predicted octanol–water partition coefficient (Wildman–Crippen LogP) is 3.62. The van der Waals surface area contributed by atoms with Crippen molar-refractivity contribution in [1.82, 2.24) is 0 Å². The van der Waals surface area contributed by atoms with Gasteiger partial charge in [0.1, 0.15) is 11.5 Å². The molecule has 1 aromatic carbocycles. The number of carbonyl (C=O) groups is 1. The van der Waals surface area contributed by atoms with Crippen molar-refractivity contribution in [3.8, 4) is 0 Å². The van der Waals surface area contributed by atoms with Crippen molar-refractivity contribution < 1.29 is 9.53 Å². The zero-order valence-corrected chi connectivity index (χ0v) is 10.0. The van der Waals surface area contributed by atoms with Gasteiger partial charge in [0.25, 0.3) is 0 Å². The van der Waals surface area contributed by atoms with Crippen LogP contribution in [0.4, 0.5) is 0 Å². The maximum Gasteiger partial charge on any atom is 0.348 e. The Morgan fingerprint density at radius 2 is 2.00 bits per heavy atom. The number of carbonyl (C=O) groups excluding carboxylic acids is 1. The van der Waals surface area contributed by atoms with Gasteiger partial charge in [-0.1, -0.05) is 42.5 Å². The van der Waals surface area contributed by atoms with E-state index >= 15 is 0 Å². The number of esters is 1. The second kappa shape index (κ2) is 6.01. The van der Waals surface area contributed by atoms with Crippen molar-refractivity contribution in [3.63, 3.8) is 0 Å². The van der Waals surface area contributed by atoms with Crippen molar-refractivity contribution in [2.75, 3.05) is 6.61 Å². The van der Waals surface area contributed by atoms with Gasteiger partial charge >= 0.3 is 5.97 Å². The molecule has 2 rings (SSSR count). The van der Waals surface area contributed by atoms with Gasteiger partial charge in [0.05, 0.1) is 0 Å². The van der Waals surface area contributed by atoms with E-state index in [4.69, 9.17) is 4.74 Å². The van der Waals surface area contributed by atoms with Crippen LogP contribution in [0, 0.1) is 0 Å². The Balaban J connectivity index is 1.80. The molecule has 1 aromatic heterocycles. The van der Waals surface area contributed by atoms with E-state index < -0.39 is 0 Å². The minimum Gasteiger partial charge on any atom is -0.457 e. The number of benzene rings is 1. The number of hydrogen-bond donors (Lipinski definition) is 0. The van der Waals surface area contributed by atoms with Gasteiger partial charge in [-0.15, -0.1) is 11.3 Å². The number of hydrogen-bond acceptors (Lipinski definition) is 3. The highest BCUT2D eigenvalue weighted by Gasteiger charge is 2.05. The standard InChI is InChI=1S/C14H12O2S/c15-14(13-9-5-11-17-13)16-10-4-8-12-6-2-1-3-7-12/h1-9,11H,10H2/b8-4+. The maximum atomic E-state index is 11.5. The fourth-order valence-corrected chi connectivity index (χ4v) is 1.95. The fraction of sp³-hybridized carbons (Fsp3) is 0.0714. The Labute approximate surface area is 104 Å². The summed E-state index contributed by atoms with van der Waals surface area (Å²) in [5, 5.41) is 1.86. The molecule has 0 aliphatic carbocycles. The van der Waals surface area contributed by atoms with Gasteiger partial charge in [-0.3, -0.25) is 0 Å². The summed E-state index contributed by atoms with van der Waals surface area (Å²) in [4.78, 5) is 12.1. The molecule has 2 aromatic rings. The molecule has 0 bridgehead atoms. The molecule has 86 valence electrons. The first-order valence-corrected chi connectivity index (χ1v) is 6.16. The molecule has 0 N–H and O–H groups in total. The summed E-state index contributed by atoms with van der Waals surface area (Å²) in [7, 11) is 0. The summed E-state index contributed by atoms with van der Waals surface area (Å²) in [6.45, 7) is 0.297. The summed E-state index contributed by atoms with van der Waals surface area (Å²) in [6.07, 6.45) is 3.77. The Morgan fingerprint density at radius 3 is 2.71 bits per heavy atom. The van der Waals surface area contributed by atoms with Crippen molar-refractivity contribution in [2.45, 2.75) is 0 Å². The first-order chi connectivity index (χ1) is 8.36. The third kappa shape index (κ3) is 3.57. The van der Waals surface area contributed by atoms with Crippen LogP contribution >= 0.6 is 11.3 Å². The quantitative estimate of drug-likeness (QED) is 0.768. The van der Waals surface area contributed by atoms with Gasteiger partial charge in [0.2, 0.25) is 0 Å². The lowest BCUT2D eigenvalue weighted by Gasteiger charge is -1.98. The monoisotopic (exact) mass is 244 g/mol. The molecule has 0 amide bonds. The SMILES string of the molecule is O=C(OC/C=C/c1ccccc1)c1cccs1. The van der Waals surface area contributed by atoms with E-state index in [9.17, 15) is 4.79 Å². The summed E-state index contributed by atoms with van der Waals surface area (Å²) in [5.74, 6) is -0.266. The molecule has 0 saturated carbocycles. The summed E-state index contributed by atoms with van der Waals surface area (Å²) >= 11 is 1.39. The minimum absolute atomic E-state index is 0.266.